The highest BCUT2D eigenvalue weighted by Gasteiger charge is 2.25. The number of hydrogen-bond donors (Lipinski definition) is 1. The van der Waals surface area contributed by atoms with Crippen LogP contribution in [0.25, 0.3) is 5.69 Å². The van der Waals surface area contributed by atoms with Gasteiger partial charge in [0.25, 0.3) is 5.91 Å². The van der Waals surface area contributed by atoms with E-state index in [1.54, 1.807) is 4.68 Å². The Bertz CT molecular complexity index is 1020. The summed E-state index contributed by atoms with van der Waals surface area (Å²) in [5.74, 6) is -0.142. The minimum Gasteiger partial charge on any atom is -0.349 e. The second-order valence-corrected chi connectivity index (χ2v) is 8.31. The van der Waals surface area contributed by atoms with Crippen LogP contribution >= 0.6 is 11.6 Å². The third kappa shape index (κ3) is 4.42. The minimum absolute atomic E-state index is 0.142. The normalized spacial score (nSPS) is 15.3. The van der Waals surface area contributed by atoms with E-state index in [0.29, 0.717) is 16.4 Å². The van der Waals surface area contributed by atoms with E-state index in [1.165, 1.54) is 11.1 Å². The van der Waals surface area contributed by atoms with E-state index in [9.17, 15) is 4.79 Å². The van der Waals surface area contributed by atoms with Gasteiger partial charge in [0.05, 0.1) is 16.9 Å². The molecule has 1 aliphatic heterocycles. The van der Waals surface area contributed by atoms with E-state index in [-0.39, 0.29) is 11.9 Å². The first-order chi connectivity index (χ1) is 14.5. The lowest BCUT2D eigenvalue weighted by Gasteiger charge is -2.32. The maximum absolute atomic E-state index is 13.0. The molecule has 0 radical (unpaired) electrons. The molecule has 5 nitrogen and oxygen atoms in total. The van der Waals surface area contributed by atoms with Crippen molar-refractivity contribution in [2.75, 3.05) is 13.1 Å². The molecule has 0 bridgehead atoms. The van der Waals surface area contributed by atoms with Gasteiger partial charge in [-0.05, 0) is 49.9 Å². The van der Waals surface area contributed by atoms with Crippen molar-refractivity contribution in [3.8, 4) is 5.69 Å². The summed E-state index contributed by atoms with van der Waals surface area (Å²) in [7, 11) is 0. The Balaban J connectivity index is 1.38. The molecule has 1 amide bonds. The van der Waals surface area contributed by atoms with Crippen molar-refractivity contribution in [3.63, 3.8) is 0 Å². The summed E-state index contributed by atoms with van der Waals surface area (Å²) >= 11 is 6.54. The molecule has 4 rings (SSSR count). The third-order valence-electron chi connectivity index (χ3n) is 5.81. The van der Waals surface area contributed by atoms with Crippen LogP contribution in [-0.4, -0.2) is 39.7 Å². The Morgan fingerprint density at radius 3 is 2.43 bits per heavy atom. The highest BCUT2D eigenvalue weighted by atomic mass is 35.5. The number of carbonyl (C=O) groups excluding carboxylic acids is 1. The third-order valence-corrected chi connectivity index (χ3v) is 6.16. The Hall–Kier alpha value is -2.63. The molecule has 0 aliphatic carbocycles. The van der Waals surface area contributed by atoms with Gasteiger partial charge in [0, 0.05) is 25.7 Å². The Morgan fingerprint density at radius 1 is 1.07 bits per heavy atom. The predicted molar refractivity (Wildman–Crippen MR) is 120 cm³/mol. The highest BCUT2D eigenvalue weighted by molar-refractivity contribution is 6.33. The first kappa shape index (κ1) is 20.6. The fourth-order valence-corrected chi connectivity index (χ4v) is 4.38. The van der Waals surface area contributed by atoms with Gasteiger partial charge in [0.15, 0.2) is 0 Å². The fraction of sp³-hybridized carbons (Fsp3) is 0.333. The number of aryl methyl sites for hydroxylation is 2. The number of amides is 1. The molecular formula is C24H27ClN4O. The van der Waals surface area contributed by atoms with Crippen molar-refractivity contribution < 1.29 is 4.79 Å². The first-order valence-electron chi connectivity index (χ1n) is 10.4. The number of halogens is 1. The number of likely N-dealkylation sites (tertiary alicyclic amines) is 1. The number of piperidine rings is 1. The monoisotopic (exact) mass is 422 g/mol. The summed E-state index contributed by atoms with van der Waals surface area (Å²) in [6.45, 7) is 6.88. The van der Waals surface area contributed by atoms with E-state index in [1.807, 2.05) is 37.3 Å². The molecule has 0 atom stereocenters. The molecule has 0 saturated carbocycles. The summed E-state index contributed by atoms with van der Waals surface area (Å²) < 4.78 is 1.62. The molecule has 1 saturated heterocycles. The number of carbonyl (C=O) groups is 1. The van der Waals surface area contributed by atoms with E-state index in [0.717, 1.165) is 38.2 Å². The molecule has 3 aromatic rings. The van der Waals surface area contributed by atoms with Crippen LogP contribution in [-0.2, 0) is 6.54 Å². The van der Waals surface area contributed by atoms with E-state index in [2.05, 4.69) is 46.5 Å². The number of rotatable bonds is 5. The molecule has 30 heavy (non-hydrogen) atoms. The average molecular weight is 423 g/mol. The lowest BCUT2D eigenvalue weighted by atomic mass is 10.0. The molecule has 6 heteroatoms. The molecule has 2 heterocycles. The van der Waals surface area contributed by atoms with Gasteiger partial charge < -0.3 is 5.32 Å². The maximum Gasteiger partial charge on any atom is 0.256 e. The van der Waals surface area contributed by atoms with Crippen LogP contribution in [0.15, 0.2) is 54.6 Å². The lowest BCUT2D eigenvalue weighted by molar-refractivity contribution is 0.0908. The van der Waals surface area contributed by atoms with Gasteiger partial charge in [-0.1, -0.05) is 54.1 Å². The number of aromatic nitrogens is 2. The summed E-state index contributed by atoms with van der Waals surface area (Å²) in [4.78, 5) is 15.4. The van der Waals surface area contributed by atoms with E-state index >= 15 is 0 Å². The van der Waals surface area contributed by atoms with Crippen LogP contribution < -0.4 is 5.32 Å². The summed E-state index contributed by atoms with van der Waals surface area (Å²) in [5, 5.41) is 8.01. The Morgan fingerprint density at radius 2 is 1.73 bits per heavy atom. The van der Waals surface area contributed by atoms with Crippen molar-refractivity contribution in [1.29, 1.82) is 0 Å². The standard InChI is InChI=1S/C24H27ClN4O/c1-17-8-6-7-9-19(17)16-28-14-12-20(13-15-28)26-24(30)22-18(2)27-29(23(22)25)21-10-4-3-5-11-21/h3-11,20H,12-16H2,1-2H3,(H,26,30). The zero-order chi connectivity index (χ0) is 21.1. The lowest BCUT2D eigenvalue weighted by Crippen LogP contribution is -2.44. The molecule has 0 spiro atoms. The summed E-state index contributed by atoms with van der Waals surface area (Å²) in [6, 6.07) is 18.3. The van der Waals surface area contributed by atoms with Crippen molar-refractivity contribution in [1.82, 2.24) is 20.0 Å². The molecule has 156 valence electrons. The van der Waals surface area contributed by atoms with Gasteiger partial charge in [0.1, 0.15) is 5.15 Å². The van der Waals surface area contributed by atoms with Crippen LogP contribution in [0.1, 0.15) is 40.0 Å². The molecular weight excluding hydrogens is 396 g/mol. The topological polar surface area (TPSA) is 50.2 Å². The highest BCUT2D eigenvalue weighted by Crippen LogP contribution is 2.24. The molecule has 1 aliphatic rings. The SMILES string of the molecule is Cc1ccccc1CN1CCC(NC(=O)c2c(C)nn(-c3ccccc3)c2Cl)CC1. The quantitative estimate of drug-likeness (QED) is 0.656. The van der Waals surface area contributed by atoms with Crippen molar-refractivity contribution in [2.45, 2.75) is 39.3 Å². The van der Waals surface area contributed by atoms with Gasteiger partial charge in [-0.2, -0.15) is 5.10 Å². The van der Waals surface area contributed by atoms with Crippen molar-refractivity contribution >= 4 is 17.5 Å². The van der Waals surface area contributed by atoms with E-state index < -0.39 is 0 Å². The second kappa shape index (κ2) is 9.02. The summed E-state index contributed by atoms with van der Waals surface area (Å²) in [5.41, 5.74) is 4.64. The van der Waals surface area contributed by atoms with Crippen LogP contribution in [0.3, 0.4) is 0 Å². The van der Waals surface area contributed by atoms with Gasteiger partial charge in [0.2, 0.25) is 0 Å². The Labute approximate surface area is 182 Å². The second-order valence-electron chi connectivity index (χ2n) is 7.95. The average Bonchev–Trinajstić information content (AvgIpc) is 3.06. The van der Waals surface area contributed by atoms with E-state index in [4.69, 9.17) is 11.6 Å². The van der Waals surface area contributed by atoms with Gasteiger partial charge in [-0.3, -0.25) is 9.69 Å². The molecule has 0 unspecified atom stereocenters. The number of para-hydroxylation sites is 1. The zero-order valence-corrected chi connectivity index (χ0v) is 18.2. The predicted octanol–water partition coefficient (Wildman–Crippen LogP) is 4.54. The first-order valence-corrected chi connectivity index (χ1v) is 10.8. The molecule has 1 fully saturated rings. The van der Waals surface area contributed by atoms with Gasteiger partial charge in [-0.15, -0.1) is 0 Å². The van der Waals surface area contributed by atoms with Crippen molar-refractivity contribution in [3.05, 3.63) is 82.1 Å². The molecule has 2 aromatic carbocycles. The minimum atomic E-state index is -0.142. The summed E-state index contributed by atoms with van der Waals surface area (Å²) in [6.07, 6.45) is 1.86. The fourth-order valence-electron chi connectivity index (χ4n) is 4.02. The largest absolute Gasteiger partial charge is 0.349 e. The number of nitrogens with one attached hydrogen (secondary N) is 1. The van der Waals surface area contributed by atoms with Gasteiger partial charge >= 0.3 is 0 Å². The maximum atomic E-state index is 13.0. The van der Waals surface area contributed by atoms with Crippen LogP contribution in [0, 0.1) is 13.8 Å². The molecule has 1 N–H and O–H groups in total. The number of benzene rings is 2. The smallest absolute Gasteiger partial charge is 0.256 e. The zero-order valence-electron chi connectivity index (χ0n) is 17.4. The van der Waals surface area contributed by atoms with Crippen LogP contribution in [0.2, 0.25) is 5.15 Å². The number of hydrogen-bond acceptors (Lipinski definition) is 3. The Kier molecular flexibility index (Phi) is 6.21. The molecule has 1 aromatic heterocycles. The van der Waals surface area contributed by atoms with Crippen LogP contribution in [0.4, 0.5) is 0 Å². The van der Waals surface area contributed by atoms with Crippen molar-refractivity contribution in [2.24, 2.45) is 0 Å². The van der Waals surface area contributed by atoms with Crippen LogP contribution in [0.5, 0.6) is 0 Å². The van der Waals surface area contributed by atoms with Gasteiger partial charge in [-0.25, -0.2) is 4.68 Å². The number of nitrogens with zero attached hydrogens (tertiary/aromatic N) is 3.